The Labute approximate surface area is 147 Å². The zero-order valence-electron chi connectivity index (χ0n) is 14.9. The van der Waals surface area contributed by atoms with Gasteiger partial charge < -0.3 is 14.7 Å². The van der Waals surface area contributed by atoms with E-state index < -0.39 is 0 Å². The SMILES string of the molecule is Cc1cccc(CCNC(=O)N2CCCC(Cc3noc(C)n3)C2)n1. The molecule has 1 aliphatic rings. The van der Waals surface area contributed by atoms with Crippen LogP contribution in [0.4, 0.5) is 4.79 Å². The summed E-state index contributed by atoms with van der Waals surface area (Å²) in [6.07, 6.45) is 3.60. The summed E-state index contributed by atoms with van der Waals surface area (Å²) in [7, 11) is 0. The maximum Gasteiger partial charge on any atom is 0.317 e. The summed E-state index contributed by atoms with van der Waals surface area (Å²) < 4.78 is 5.02. The Morgan fingerprint density at radius 1 is 1.36 bits per heavy atom. The van der Waals surface area contributed by atoms with E-state index in [2.05, 4.69) is 20.4 Å². The molecule has 1 atom stereocenters. The van der Waals surface area contributed by atoms with Crippen LogP contribution in [0.15, 0.2) is 22.7 Å². The second-order valence-electron chi connectivity index (χ2n) is 6.64. The molecule has 0 aromatic carbocycles. The molecule has 0 spiro atoms. The number of aromatic nitrogens is 3. The Kier molecular flexibility index (Phi) is 5.63. The Bertz CT molecular complexity index is 715. The van der Waals surface area contributed by atoms with Crippen molar-refractivity contribution < 1.29 is 9.32 Å². The second-order valence-corrected chi connectivity index (χ2v) is 6.64. The van der Waals surface area contributed by atoms with E-state index in [9.17, 15) is 4.79 Å². The van der Waals surface area contributed by atoms with Gasteiger partial charge in [0.1, 0.15) is 0 Å². The number of amides is 2. The lowest BCUT2D eigenvalue weighted by molar-refractivity contribution is 0.164. The van der Waals surface area contributed by atoms with Gasteiger partial charge in [-0.15, -0.1) is 0 Å². The lowest BCUT2D eigenvalue weighted by atomic mass is 9.95. The number of hydrogen-bond acceptors (Lipinski definition) is 5. The molecule has 134 valence electrons. The van der Waals surface area contributed by atoms with Crippen LogP contribution in [-0.2, 0) is 12.8 Å². The monoisotopic (exact) mass is 343 g/mol. The molecule has 3 heterocycles. The van der Waals surface area contributed by atoms with Crippen LogP contribution >= 0.6 is 0 Å². The first kappa shape index (κ1) is 17.4. The molecule has 1 N–H and O–H groups in total. The zero-order valence-corrected chi connectivity index (χ0v) is 14.9. The van der Waals surface area contributed by atoms with Gasteiger partial charge in [0.15, 0.2) is 5.82 Å². The number of piperidine rings is 1. The van der Waals surface area contributed by atoms with Gasteiger partial charge in [-0.25, -0.2) is 4.79 Å². The first-order valence-corrected chi connectivity index (χ1v) is 8.84. The van der Waals surface area contributed by atoms with Crippen molar-refractivity contribution in [2.24, 2.45) is 5.92 Å². The molecular weight excluding hydrogens is 318 g/mol. The minimum Gasteiger partial charge on any atom is -0.340 e. The second kappa shape index (κ2) is 8.09. The molecule has 3 rings (SSSR count). The van der Waals surface area contributed by atoms with Crippen molar-refractivity contribution in [2.45, 2.75) is 39.5 Å². The summed E-state index contributed by atoms with van der Waals surface area (Å²) in [6.45, 7) is 5.90. The molecule has 0 radical (unpaired) electrons. The highest BCUT2D eigenvalue weighted by Gasteiger charge is 2.24. The summed E-state index contributed by atoms with van der Waals surface area (Å²) in [4.78, 5) is 23.0. The van der Waals surface area contributed by atoms with Crippen molar-refractivity contribution in [1.29, 1.82) is 0 Å². The average Bonchev–Trinajstić information content (AvgIpc) is 3.00. The van der Waals surface area contributed by atoms with Gasteiger partial charge in [-0.3, -0.25) is 4.98 Å². The average molecular weight is 343 g/mol. The summed E-state index contributed by atoms with van der Waals surface area (Å²) in [6, 6.07) is 5.96. The van der Waals surface area contributed by atoms with Crippen molar-refractivity contribution in [3.8, 4) is 0 Å². The number of nitrogens with one attached hydrogen (secondary N) is 1. The molecule has 2 amide bonds. The fourth-order valence-corrected chi connectivity index (χ4v) is 3.25. The highest BCUT2D eigenvalue weighted by molar-refractivity contribution is 5.74. The lowest BCUT2D eigenvalue weighted by Crippen LogP contribution is -2.46. The van der Waals surface area contributed by atoms with Crippen LogP contribution in [0.2, 0.25) is 0 Å². The number of urea groups is 1. The van der Waals surface area contributed by atoms with Crippen LogP contribution in [-0.4, -0.2) is 45.7 Å². The number of rotatable bonds is 5. The van der Waals surface area contributed by atoms with Crippen LogP contribution in [0.5, 0.6) is 0 Å². The topological polar surface area (TPSA) is 84.2 Å². The predicted octanol–water partition coefficient (Wildman–Crippen LogP) is 2.29. The maximum absolute atomic E-state index is 12.4. The third-order valence-corrected chi connectivity index (χ3v) is 4.45. The molecule has 2 aromatic rings. The minimum absolute atomic E-state index is 0.00152. The van der Waals surface area contributed by atoms with Crippen molar-refractivity contribution in [3.63, 3.8) is 0 Å². The molecule has 0 bridgehead atoms. The number of likely N-dealkylation sites (tertiary alicyclic amines) is 1. The van der Waals surface area contributed by atoms with E-state index in [1.165, 1.54) is 0 Å². The first-order valence-electron chi connectivity index (χ1n) is 8.84. The number of carbonyl (C=O) groups is 1. The molecule has 1 saturated heterocycles. The van der Waals surface area contributed by atoms with Crippen LogP contribution in [0.3, 0.4) is 0 Å². The molecule has 0 saturated carbocycles. The number of hydrogen-bond donors (Lipinski definition) is 1. The van der Waals surface area contributed by atoms with Crippen LogP contribution in [0, 0.1) is 19.8 Å². The minimum atomic E-state index is 0.00152. The maximum atomic E-state index is 12.4. The molecule has 2 aromatic heterocycles. The standard InChI is InChI=1S/C18H25N5O2/c1-13-5-3-7-16(20-13)8-9-19-18(24)23-10-4-6-15(12-23)11-17-21-14(2)25-22-17/h3,5,7,15H,4,6,8-12H2,1-2H3,(H,19,24). The van der Waals surface area contributed by atoms with E-state index in [1.807, 2.05) is 30.0 Å². The zero-order chi connectivity index (χ0) is 17.6. The molecule has 1 aliphatic heterocycles. The van der Waals surface area contributed by atoms with Gasteiger partial charge in [0.05, 0.1) is 0 Å². The Hall–Kier alpha value is -2.44. The summed E-state index contributed by atoms with van der Waals surface area (Å²) in [5.41, 5.74) is 2.00. The lowest BCUT2D eigenvalue weighted by Gasteiger charge is -2.32. The van der Waals surface area contributed by atoms with Gasteiger partial charge in [0.2, 0.25) is 5.89 Å². The number of aryl methyl sites for hydroxylation is 2. The summed E-state index contributed by atoms with van der Waals surface area (Å²) in [5.74, 6) is 1.70. The number of pyridine rings is 1. The number of carbonyl (C=O) groups excluding carboxylic acids is 1. The van der Waals surface area contributed by atoms with E-state index in [0.29, 0.717) is 18.4 Å². The van der Waals surface area contributed by atoms with Gasteiger partial charge in [0.25, 0.3) is 0 Å². The van der Waals surface area contributed by atoms with Gasteiger partial charge in [-0.05, 0) is 37.8 Å². The van der Waals surface area contributed by atoms with Crippen molar-refractivity contribution >= 4 is 6.03 Å². The Morgan fingerprint density at radius 2 is 2.24 bits per heavy atom. The van der Waals surface area contributed by atoms with Gasteiger partial charge in [-0.2, -0.15) is 4.98 Å². The van der Waals surface area contributed by atoms with Gasteiger partial charge in [0, 0.05) is 50.8 Å². The van der Waals surface area contributed by atoms with E-state index in [4.69, 9.17) is 4.52 Å². The highest BCUT2D eigenvalue weighted by atomic mass is 16.5. The Morgan fingerprint density at radius 3 is 3.00 bits per heavy atom. The quantitative estimate of drug-likeness (QED) is 0.900. The van der Waals surface area contributed by atoms with E-state index in [-0.39, 0.29) is 6.03 Å². The van der Waals surface area contributed by atoms with Gasteiger partial charge >= 0.3 is 6.03 Å². The number of nitrogens with zero attached hydrogens (tertiary/aromatic N) is 4. The fourth-order valence-electron chi connectivity index (χ4n) is 3.25. The molecule has 1 fully saturated rings. The fraction of sp³-hybridized carbons (Fsp3) is 0.556. The molecule has 7 heteroatoms. The van der Waals surface area contributed by atoms with Crippen molar-refractivity contribution in [2.75, 3.05) is 19.6 Å². The third-order valence-electron chi connectivity index (χ3n) is 4.45. The predicted molar refractivity (Wildman–Crippen MR) is 93.1 cm³/mol. The normalized spacial score (nSPS) is 17.5. The van der Waals surface area contributed by atoms with E-state index in [1.54, 1.807) is 6.92 Å². The first-order chi connectivity index (χ1) is 12.1. The smallest absolute Gasteiger partial charge is 0.317 e. The summed E-state index contributed by atoms with van der Waals surface area (Å²) in [5, 5.41) is 6.96. The highest BCUT2D eigenvalue weighted by Crippen LogP contribution is 2.19. The van der Waals surface area contributed by atoms with Crippen LogP contribution < -0.4 is 5.32 Å². The molecule has 1 unspecified atom stereocenters. The van der Waals surface area contributed by atoms with Crippen LogP contribution in [0.25, 0.3) is 0 Å². The molecule has 7 nitrogen and oxygen atoms in total. The van der Waals surface area contributed by atoms with Crippen LogP contribution in [0.1, 0.15) is 35.9 Å². The van der Waals surface area contributed by atoms with E-state index in [0.717, 1.165) is 56.0 Å². The van der Waals surface area contributed by atoms with Gasteiger partial charge in [-0.1, -0.05) is 11.2 Å². The Balaban J connectivity index is 1.45. The summed E-state index contributed by atoms with van der Waals surface area (Å²) >= 11 is 0. The molecule has 0 aliphatic carbocycles. The van der Waals surface area contributed by atoms with E-state index >= 15 is 0 Å². The largest absolute Gasteiger partial charge is 0.340 e. The van der Waals surface area contributed by atoms with Crippen molar-refractivity contribution in [1.82, 2.24) is 25.3 Å². The molecule has 25 heavy (non-hydrogen) atoms. The van der Waals surface area contributed by atoms with Crippen molar-refractivity contribution in [3.05, 3.63) is 41.3 Å². The molecular formula is C18H25N5O2. The third kappa shape index (κ3) is 5.01.